The van der Waals surface area contributed by atoms with Gasteiger partial charge in [-0.1, -0.05) is 11.6 Å². The second-order valence-corrected chi connectivity index (χ2v) is 5.44. The molecule has 0 aliphatic rings. The van der Waals surface area contributed by atoms with Crippen molar-refractivity contribution in [3.63, 3.8) is 0 Å². The lowest BCUT2D eigenvalue weighted by Crippen LogP contribution is -2.25. The summed E-state index contributed by atoms with van der Waals surface area (Å²) >= 11 is 9.46. The van der Waals surface area contributed by atoms with E-state index in [2.05, 4.69) is 26.0 Å². The van der Waals surface area contributed by atoms with Gasteiger partial charge in [-0.25, -0.2) is 4.98 Å². The van der Waals surface area contributed by atoms with Crippen molar-refractivity contribution in [2.45, 2.75) is 33.9 Å². The molecular weight excluding hydrogens is 332 g/mol. The first-order valence-electron chi connectivity index (χ1n) is 5.89. The molecular formula is C12H14BrClN4O. The molecule has 0 unspecified atom stereocenters. The molecule has 0 aliphatic heterocycles. The molecule has 2 aromatic rings. The lowest BCUT2D eigenvalue weighted by atomic mass is 10.3. The van der Waals surface area contributed by atoms with Crippen LogP contribution in [-0.4, -0.2) is 19.3 Å². The maximum atomic E-state index is 12.1. The zero-order chi connectivity index (χ0) is 14.2. The molecule has 0 saturated carbocycles. The molecule has 102 valence electrons. The Morgan fingerprint density at radius 1 is 1.42 bits per heavy atom. The van der Waals surface area contributed by atoms with E-state index in [0.717, 1.165) is 11.4 Å². The van der Waals surface area contributed by atoms with Crippen LogP contribution in [-0.2, 0) is 13.1 Å². The van der Waals surface area contributed by atoms with Gasteiger partial charge in [-0.15, -0.1) is 0 Å². The van der Waals surface area contributed by atoms with Crippen LogP contribution in [0, 0.1) is 13.8 Å². The lowest BCUT2D eigenvalue weighted by Gasteiger charge is -2.11. The summed E-state index contributed by atoms with van der Waals surface area (Å²) in [6.07, 6.45) is 1.51. The van der Waals surface area contributed by atoms with Crippen LogP contribution in [0.4, 0.5) is 0 Å². The lowest BCUT2D eigenvalue weighted by molar-refractivity contribution is 0.580. The molecule has 0 spiro atoms. The Hall–Kier alpha value is -1.14. The smallest absolute Gasteiger partial charge is 0.268 e. The maximum Gasteiger partial charge on any atom is 0.268 e. The van der Waals surface area contributed by atoms with Gasteiger partial charge in [0.25, 0.3) is 5.56 Å². The third-order valence-electron chi connectivity index (χ3n) is 2.97. The predicted molar refractivity (Wildman–Crippen MR) is 77.7 cm³/mol. The normalized spacial score (nSPS) is 11.0. The molecule has 2 rings (SSSR count). The van der Waals surface area contributed by atoms with E-state index in [0.29, 0.717) is 28.4 Å². The van der Waals surface area contributed by atoms with Crippen molar-refractivity contribution in [2.24, 2.45) is 0 Å². The topological polar surface area (TPSA) is 52.7 Å². The molecule has 0 radical (unpaired) electrons. The van der Waals surface area contributed by atoms with E-state index >= 15 is 0 Å². The van der Waals surface area contributed by atoms with E-state index in [1.807, 2.05) is 18.5 Å². The van der Waals surface area contributed by atoms with Crippen LogP contribution in [0.3, 0.4) is 0 Å². The maximum absolute atomic E-state index is 12.1. The summed E-state index contributed by atoms with van der Waals surface area (Å²) in [6, 6.07) is 0. The van der Waals surface area contributed by atoms with Crippen LogP contribution in [0.25, 0.3) is 0 Å². The molecule has 2 heterocycles. The largest absolute Gasteiger partial charge is 0.290 e. The van der Waals surface area contributed by atoms with E-state index in [1.54, 1.807) is 11.5 Å². The third kappa shape index (κ3) is 2.60. The van der Waals surface area contributed by atoms with Gasteiger partial charge in [-0.2, -0.15) is 5.10 Å². The van der Waals surface area contributed by atoms with E-state index < -0.39 is 0 Å². The summed E-state index contributed by atoms with van der Waals surface area (Å²) in [6.45, 7) is 6.71. The molecule has 0 atom stereocenters. The average Bonchev–Trinajstić information content (AvgIpc) is 2.66. The first-order valence-corrected chi connectivity index (χ1v) is 7.06. The summed E-state index contributed by atoms with van der Waals surface area (Å²) in [5.74, 6) is 0.644. The van der Waals surface area contributed by atoms with Crippen LogP contribution in [0.2, 0.25) is 5.02 Å². The van der Waals surface area contributed by atoms with Crippen LogP contribution >= 0.6 is 27.5 Å². The quantitative estimate of drug-likeness (QED) is 0.859. The van der Waals surface area contributed by atoms with Crippen LogP contribution in [0.15, 0.2) is 15.5 Å². The third-order valence-corrected chi connectivity index (χ3v) is 4.00. The van der Waals surface area contributed by atoms with Crippen molar-refractivity contribution in [1.29, 1.82) is 0 Å². The van der Waals surface area contributed by atoms with Crippen molar-refractivity contribution < 1.29 is 0 Å². The highest BCUT2D eigenvalue weighted by Crippen LogP contribution is 2.21. The van der Waals surface area contributed by atoms with Crippen LogP contribution in [0.1, 0.15) is 24.1 Å². The van der Waals surface area contributed by atoms with Gasteiger partial charge in [0.15, 0.2) is 0 Å². The first-order chi connectivity index (χ1) is 8.95. The number of halogens is 2. The Balaban J connectivity index is 2.53. The molecule has 0 N–H and O–H groups in total. The van der Waals surface area contributed by atoms with Gasteiger partial charge in [0.1, 0.15) is 10.3 Å². The van der Waals surface area contributed by atoms with Crippen molar-refractivity contribution in [3.8, 4) is 0 Å². The Labute approximate surface area is 124 Å². The molecule has 0 bridgehead atoms. The minimum atomic E-state index is -0.120. The zero-order valence-corrected chi connectivity index (χ0v) is 13.3. The van der Waals surface area contributed by atoms with Crippen molar-refractivity contribution in [3.05, 3.63) is 43.3 Å². The predicted octanol–water partition coefficient (Wildman–Crippen LogP) is 2.54. The standard InChI is InChI=1S/C12H14BrClN4O/c1-4-18-10(11(14)7(2)16-18)6-17-8(3)15-5-9(13)12(17)19/h5H,4,6H2,1-3H3. The molecule has 0 amide bonds. The Bertz CT molecular complexity index is 677. The van der Waals surface area contributed by atoms with Crippen LogP contribution < -0.4 is 5.56 Å². The van der Waals surface area contributed by atoms with Gasteiger partial charge in [-0.3, -0.25) is 14.0 Å². The zero-order valence-electron chi connectivity index (χ0n) is 10.9. The summed E-state index contributed by atoms with van der Waals surface area (Å²) in [5.41, 5.74) is 1.48. The number of hydrogen-bond donors (Lipinski definition) is 0. The summed E-state index contributed by atoms with van der Waals surface area (Å²) < 4.78 is 3.83. The molecule has 0 aliphatic carbocycles. The first kappa shape index (κ1) is 14.3. The summed E-state index contributed by atoms with van der Waals surface area (Å²) in [5, 5.41) is 4.95. The van der Waals surface area contributed by atoms with Gasteiger partial charge in [0.2, 0.25) is 0 Å². The average molecular weight is 346 g/mol. The number of aromatic nitrogens is 4. The molecule has 7 heteroatoms. The fourth-order valence-corrected chi connectivity index (χ4v) is 2.42. The molecule has 19 heavy (non-hydrogen) atoms. The fourth-order valence-electron chi connectivity index (χ4n) is 1.91. The van der Waals surface area contributed by atoms with Gasteiger partial charge < -0.3 is 0 Å². The minimum Gasteiger partial charge on any atom is -0.290 e. The highest BCUT2D eigenvalue weighted by Gasteiger charge is 2.15. The van der Waals surface area contributed by atoms with Gasteiger partial charge in [0.05, 0.1) is 23.0 Å². The number of aryl methyl sites for hydroxylation is 3. The summed E-state index contributed by atoms with van der Waals surface area (Å²) in [4.78, 5) is 16.3. The molecule has 0 saturated heterocycles. The van der Waals surface area contributed by atoms with Gasteiger partial charge >= 0.3 is 0 Å². The second kappa shape index (κ2) is 5.46. The molecule has 0 fully saturated rings. The monoisotopic (exact) mass is 344 g/mol. The van der Waals surface area contributed by atoms with Crippen molar-refractivity contribution >= 4 is 27.5 Å². The Morgan fingerprint density at radius 2 is 2.11 bits per heavy atom. The van der Waals surface area contributed by atoms with E-state index in [-0.39, 0.29) is 5.56 Å². The van der Waals surface area contributed by atoms with Gasteiger partial charge in [0, 0.05) is 12.7 Å². The van der Waals surface area contributed by atoms with E-state index in [1.165, 1.54) is 6.20 Å². The Morgan fingerprint density at radius 3 is 2.74 bits per heavy atom. The van der Waals surface area contributed by atoms with Crippen molar-refractivity contribution in [2.75, 3.05) is 0 Å². The SMILES string of the molecule is CCn1nc(C)c(Cl)c1Cn1c(C)ncc(Br)c1=O. The highest BCUT2D eigenvalue weighted by molar-refractivity contribution is 9.10. The molecule has 5 nitrogen and oxygen atoms in total. The number of hydrogen-bond acceptors (Lipinski definition) is 3. The highest BCUT2D eigenvalue weighted by atomic mass is 79.9. The number of rotatable bonds is 3. The van der Waals surface area contributed by atoms with E-state index in [9.17, 15) is 4.79 Å². The van der Waals surface area contributed by atoms with Gasteiger partial charge in [-0.05, 0) is 36.7 Å². The van der Waals surface area contributed by atoms with Crippen molar-refractivity contribution in [1.82, 2.24) is 19.3 Å². The second-order valence-electron chi connectivity index (χ2n) is 4.21. The van der Waals surface area contributed by atoms with Crippen LogP contribution in [0.5, 0.6) is 0 Å². The summed E-state index contributed by atoms with van der Waals surface area (Å²) in [7, 11) is 0. The minimum absolute atomic E-state index is 0.120. The van der Waals surface area contributed by atoms with E-state index in [4.69, 9.17) is 11.6 Å². The Kier molecular flexibility index (Phi) is 4.10. The molecule has 2 aromatic heterocycles. The number of nitrogens with zero attached hydrogens (tertiary/aromatic N) is 4. The molecule has 0 aromatic carbocycles. The fraction of sp³-hybridized carbons (Fsp3) is 0.417.